The van der Waals surface area contributed by atoms with Crippen LogP contribution >= 0.6 is 0 Å². The number of nitrogen functional groups attached to an aromatic ring is 1. The molecule has 0 saturated heterocycles. The van der Waals surface area contributed by atoms with E-state index in [1.54, 1.807) is 31.2 Å². The fourth-order valence-electron chi connectivity index (χ4n) is 1.79. The van der Waals surface area contributed by atoms with Crippen LogP contribution in [0.25, 0.3) is 0 Å². The van der Waals surface area contributed by atoms with E-state index in [9.17, 15) is 4.79 Å². The van der Waals surface area contributed by atoms with Crippen molar-refractivity contribution in [1.82, 2.24) is 0 Å². The second kappa shape index (κ2) is 6.10. The van der Waals surface area contributed by atoms with Crippen molar-refractivity contribution >= 4 is 17.3 Å². The fourth-order valence-corrected chi connectivity index (χ4v) is 1.79. The first-order valence-corrected chi connectivity index (χ1v) is 6.45. The number of hydrogen-bond acceptors (Lipinski definition) is 3. The van der Waals surface area contributed by atoms with Gasteiger partial charge >= 0.3 is 0 Å². The maximum absolute atomic E-state index is 12.1. The van der Waals surface area contributed by atoms with Crippen molar-refractivity contribution in [3.05, 3.63) is 54.1 Å². The highest BCUT2D eigenvalue weighted by molar-refractivity contribution is 5.94. The zero-order chi connectivity index (χ0) is 14.5. The van der Waals surface area contributed by atoms with Gasteiger partial charge < -0.3 is 15.8 Å². The topological polar surface area (TPSA) is 64.3 Å². The summed E-state index contributed by atoms with van der Waals surface area (Å²) in [6.07, 6.45) is -0.586. The van der Waals surface area contributed by atoms with E-state index in [2.05, 4.69) is 5.32 Å². The van der Waals surface area contributed by atoms with Crippen LogP contribution in [0.2, 0.25) is 0 Å². The molecule has 0 aliphatic carbocycles. The Kier molecular flexibility index (Phi) is 4.25. The molecule has 0 aromatic heterocycles. The summed E-state index contributed by atoms with van der Waals surface area (Å²) in [5, 5.41) is 2.78. The number of nitrogens with two attached hydrogens (primary N) is 1. The second-order valence-corrected chi connectivity index (χ2v) is 4.64. The van der Waals surface area contributed by atoms with Gasteiger partial charge in [-0.15, -0.1) is 0 Å². The Morgan fingerprint density at radius 3 is 2.65 bits per heavy atom. The maximum Gasteiger partial charge on any atom is 0.265 e. The van der Waals surface area contributed by atoms with E-state index in [0.717, 1.165) is 5.56 Å². The lowest BCUT2D eigenvalue weighted by atomic mass is 10.2. The van der Waals surface area contributed by atoms with E-state index in [-0.39, 0.29) is 5.91 Å². The number of rotatable bonds is 4. The highest BCUT2D eigenvalue weighted by Gasteiger charge is 2.15. The summed E-state index contributed by atoms with van der Waals surface area (Å²) in [5.74, 6) is 0.501. The van der Waals surface area contributed by atoms with Crippen LogP contribution in [-0.2, 0) is 4.79 Å². The van der Waals surface area contributed by atoms with E-state index >= 15 is 0 Å². The minimum atomic E-state index is -0.586. The van der Waals surface area contributed by atoms with Gasteiger partial charge in [-0.25, -0.2) is 0 Å². The van der Waals surface area contributed by atoms with Crippen LogP contribution in [0.4, 0.5) is 11.4 Å². The molecule has 0 unspecified atom stereocenters. The van der Waals surface area contributed by atoms with Gasteiger partial charge in [0.05, 0.1) is 0 Å². The summed E-state index contributed by atoms with van der Waals surface area (Å²) in [6, 6.07) is 14.6. The number of carbonyl (C=O) groups excluding carboxylic acids is 1. The van der Waals surface area contributed by atoms with E-state index in [1.165, 1.54) is 0 Å². The zero-order valence-corrected chi connectivity index (χ0v) is 11.6. The molecular formula is C16H18N2O2. The summed E-state index contributed by atoms with van der Waals surface area (Å²) >= 11 is 0. The smallest absolute Gasteiger partial charge is 0.265 e. The van der Waals surface area contributed by atoms with Gasteiger partial charge in [-0.2, -0.15) is 0 Å². The van der Waals surface area contributed by atoms with Gasteiger partial charge in [0.15, 0.2) is 6.10 Å². The molecule has 4 heteroatoms. The minimum absolute atomic E-state index is 0.209. The van der Waals surface area contributed by atoms with Gasteiger partial charge in [0.1, 0.15) is 5.75 Å². The van der Waals surface area contributed by atoms with Crippen molar-refractivity contribution in [2.45, 2.75) is 20.0 Å². The molecular weight excluding hydrogens is 252 g/mol. The fraction of sp³-hybridized carbons (Fsp3) is 0.188. The summed E-state index contributed by atoms with van der Waals surface area (Å²) in [5.41, 5.74) is 7.94. The lowest BCUT2D eigenvalue weighted by Crippen LogP contribution is -2.30. The first-order valence-electron chi connectivity index (χ1n) is 6.45. The summed E-state index contributed by atoms with van der Waals surface area (Å²) < 4.78 is 5.67. The predicted molar refractivity (Wildman–Crippen MR) is 80.8 cm³/mol. The van der Waals surface area contributed by atoms with Crippen LogP contribution in [0.5, 0.6) is 5.75 Å². The number of benzene rings is 2. The van der Waals surface area contributed by atoms with Gasteiger partial charge in [-0.1, -0.05) is 24.3 Å². The highest BCUT2D eigenvalue weighted by atomic mass is 16.5. The molecule has 2 aromatic carbocycles. The van der Waals surface area contributed by atoms with Crippen LogP contribution < -0.4 is 15.8 Å². The summed E-state index contributed by atoms with van der Waals surface area (Å²) in [4.78, 5) is 12.1. The molecule has 0 bridgehead atoms. The number of ether oxygens (including phenoxy) is 1. The Balaban J connectivity index is 2.01. The number of carbonyl (C=O) groups is 1. The average molecular weight is 270 g/mol. The van der Waals surface area contributed by atoms with Crippen molar-refractivity contribution in [2.75, 3.05) is 11.1 Å². The molecule has 2 rings (SSSR count). The molecule has 0 spiro atoms. The van der Waals surface area contributed by atoms with Gasteiger partial charge in [0.25, 0.3) is 5.91 Å². The monoisotopic (exact) mass is 270 g/mol. The van der Waals surface area contributed by atoms with Gasteiger partial charge in [0, 0.05) is 11.4 Å². The highest BCUT2D eigenvalue weighted by Crippen LogP contribution is 2.18. The van der Waals surface area contributed by atoms with Crippen LogP contribution in [-0.4, -0.2) is 12.0 Å². The molecule has 0 aliphatic rings. The van der Waals surface area contributed by atoms with E-state index in [1.807, 2.05) is 31.2 Å². The molecule has 0 heterocycles. The molecule has 3 N–H and O–H groups in total. The molecule has 1 amide bonds. The van der Waals surface area contributed by atoms with Gasteiger partial charge in [-0.3, -0.25) is 4.79 Å². The maximum atomic E-state index is 12.1. The largest absolute Gasteiger partial charge is 0.481 e. The number of aryl methyl sites for hydroxylation is 1. The van der Waals surface area contributed by atoms with Crippen LogP contribution in [0.1, 0.15) is 12.5 Å². The van der Waals surface area contributed by atoms with Crippen LogP contribution in [0, 0.1) is 6.92 Å². The molecule has 104 valence electrons. The molecule has 0 saturated carbocycles. The normalized spacial score (nSPS) is 11.7. The first kappa shape index (κ1) is 13.9. The summed E-state index contributed by atoms with van der Waals surface area (Å²) in [7, 11) is 0. The quantitative estimate of drug-likeness (QED) is 0.839. The molecule has 0 radical (unpaired) electrons. The Labute approximate surface area is 118 Å². The van der Waals surface area contributed by atoms with Crippen molar-refractivity contribution < 1.29 is 9.53 Å². The van der Waals surface area contributed by atoms with E-state index in [4.69, 9.17) is 10.5 Å². The Morgan fingerprint density at radius 1 is 1.20 bits per heavy atom. The predicted octanol–water partition coefficient (Wildman–Crippen LogP) is 2.98. The standard InChI is InChI=1S/C16H18N2O2/c1-11-6-3-4-9-15(11)20-12(2)16(19)18-14-8-5-7-13(17)10-14/h3-10,12H,17H2,1-2H3,(H,18,19)/t12-/m0/s1. The van der Waals surface area contributed by atoms with Crippen molar-refractivity contribution in [1.29, 1.82) is 0 Å². The number of hydrogen-bond donors (Lipinski definition) is 2. The number of anilines is 2. The third-order valence-corrected chi connectivity index (χ3v) is 2.92. The van der Waals surface area contributed by atoms with E-state index < -0.39 is 6.10 Å². The van der Waals surface area contributed by atoms with Crippen molar-refractivity contribution in [2.24, 2.45) is 0 Å². The lowest BCUT2D eigenvalue weighted by Gasteiger charge is -2.16. The molecule has 20 heavy (non-hydrogen) atoms. The van der Waals surface area contributed by atoms with Crippen LogP contribution in [0.3, 0.4) is 0 Å². The third kappa shape index (κ3) is 3.51. The lowest BCUT2D eigenvalue weighted by molar-refractivity contribution is -0.122. The Bertz CT molecular complexity index is 611. The number of para-hydroxylation sites is 1. The first-order chi connectivity index (χ1) is 9.56. The molecule has 1 atom stereocenters. The van der Waals surface area contributed by atoms with Gasteiger partial charge in [0.2, 0.25) is 0 Å². The Hall–Kier alpha value is -2.49. The molecule has 0 aliphatic heterocycles. The Morgan fingerprint density at radius 2 is 1.95 bits per heavy atom. The zero-order valence-electron chi connectivity index (χ0n) is 11.6. The second-order valence-electron chi connectivity index (χ2n) is 4.64. The van der Waals surface area contributed by atoms with Crippen molar-refractivity contribution in [3.8, 4) is 5.75 Å². The number of nitrogens with one attached hydrogen (secondary N) is 1. The minimum Gasteiger partial charge on any atom is -0.481 e. The molecule has 0 fully saturated rings. The number of amides is 1. The van der Waals surface area contributed by atoms with E-state index in [0.29, 0.717) is 17.1 Å². The van der Waals surface area contributed by atoms with Crippen molar-refractivity contribution in [3.63, 3.8) is 0 Å². The third-order valence-electron chi connectivity index (χ3n) is 2.92. The molecule has 4 nitrogen and oxygen atoms in total. The summed E-state index contributed by atoms with van der Waals surface area (Å²) in [6.45, 7) is 3.66. The van der Waals surface area contributed by atoms with Gasteiger partial charge in [-0.05, 0) is 43.7 Å². The molecule has 2 aromatic rings. The average Bonchev–Trinajstić information content (AvgIpc) is 2.41. The van der Waals surface area contributed by atoms with Crippen LogP contribution in [0.15, 0.2) is 48.5 Å². The SMILES string of the molecule is Cc1ccccc1O[C@@H](C)C(=O)Nc1cccc(N)c1.